The van der Waals surface area contributed by atoms with E-state index in [0.717, 1.165) is 42.2 Å². The van der Waals surface area contributed by atoms with Crippen LogP contribution < -0.4 is 0 Å². The molecule has 0 N–H and O–H groups in total. The molecule has 78 valence electrons. The maximum Gasteiger partial charge on any atom is 0.269 e. The van der Waals surface area contributed by atoms with Gasteiger partial charge in [0.1, 0.15) is 0 Å². The molecular weight excluding hydrogens is 180 g/mol. The molecule has 0 fully saturated rings. The zero-order valence-electron chi connectivity index (χ0n) is 9.14. The van der Waals surface area contributed by atoms with Crippen molar-refractivity contribution in [2.24, 2.45) is 0 Å². The maximum absolute atomic E-state index is 5.45. The maximum atomic E-state index is 5.45. The van der Waals surface area contributed by atoms with Crippen LogP contribution in [-0.2, 0) is 9.47 Å². The second-order valence-electron chi connectivity index (χ2n) is 3.01. The molecule has 0 aliphatic rings. The molecule has 0 bridgehead atoms. The number of hydrogen-bond acceptors (Lipinski definition) is 2. The van der Waals surface area contributed by atoms with Crippen LogP contribution in [0, 0.1) is 0 Å². The smallest absolute Gasteiger partial charge is 0.269 e. The van der Waals surface area contributed by atoms with Crippen molar-refractivity contribution in [3.8, 4) is 0 Å². The molecule has 0 aromatic rings. The van der Waals surface area contributed by atoms with Crippen LogP contribution in [0.25, 0.3) is 0 Å². The summed E-state index contributed by atoms with van der Waals surface area (Å²) >= 11 is 0. The Labute approximate surface area is 84.7 Å². The summed E-state index contributed by atoms with van der Waals surface area (Å²) in [7, 11) is 0.997. The van der Waals surface area contributed by atoms with E-state index in [1.165, 1.54) is 12.8 Å². The van der Waals surface area contributed by atoms with Gasteiger partial charge in [0.05, 0.1) is 13.2 Å². The lowest BCUT2D eigenvalue weighted by atomic mass is 10.4. The van der Waals surface area contributed by atoms with Gasteiger partial charge in [-0.2, -0.15) is 0 Å². The van der Waals surface area contributed by atoms with E-state index in [1.54, 1.807) is 0 Å². The van der Waals surface area contributed by atoms with Crippen LogP contribution in [0.15, 0.2) is 11.6 Å². The fourth-order valence-electron chi connectivity index (χ4n) is 0.843. The highest BCUT2D eigenvalue weighted by Gasteiger charge is 1.96. The largest absolute Gasteiger partial charge is 0.466 e. The van der Waals surface area contributed by atoms with Crippen LogP contribution in [0.5, 0.6) is 0 Å². The lowest BCUT2D eigenvalue weighted by Gasteiger charge is -2.10. The van der Waals surface area contributed by atoms with Crippen molar-refractivity contribution in [3.63, 3.8) is 0 Å². The summed E-state index contributed by atoms with van der Waals surface area (Å²) in [5.74, 6) is 0.744. The summed E-state index contributed by atoms with van der Waals surface area (Å²) in [6, 6.07) is 0. The van der Waals surface area contributed by atoms with Crippen LogP contribution in [0.3, 0.4) is 0 Å². The predicted molar refractivity (Wildman–Crippen MR) is 59.7 cm³/mol. The van der Waals surface area contributed by atoms with E-state index in [0.29, 0.717) is 0 Å². The van der Waals surface area contributed by atoms with E-state index >= 15 is 0 Å². The molecule has 0 radical (unpaired) electrons. The Morgan fingerprint density at radius 1 is 1.08 bits per heavy atom. The van der Waals surface area contributed by atoms with E-state index in [2.05, 4.69) is 13.8 Å². The van der Waals surface area contributed by atoms with Gasteiger partial charge >= 0.3 is 0 Å². The normalized spacial score (nSPS) is 9.69. The first kappa shape index (κ1) is 12.6. The fourth-order valence-corrected chi connectivity index (χ4v) is 1.18. The van der Waals surface area contributed by atoms with Gasteiger partial charge in [0.25, 0.3) is 5.95 Å². The van der Waals surface area contributed by atoms with Gasteiger partial charge in [-0.25, -0.2) is 0 Å². The zero-order chi connectivity index (χ0) is 9.94. The first-order chi connectivity index (χ1) is 6.35. The highest BCUT2D eigenvalue weighted by atomic mass is 28.1. The van der Waals surface area contributed by atoms with E-state index in [-0.39, 0.29) is 0 Å². The van der Waals surface area contributed by atoms with Crippen molar-refractivity contribution in [1.82, 2.24) is 0 Å². The first-order valence-corrected chi connectivity index (χ1v) is 6.42. The lowest BCUT2D eigenvalue weighted by molar-refractivity contribution is 0.0340. The van der Waals surface area contributed by atoms with Crippen LogP contribution in [0.2, 0.25) is 0 Å². The highest BCUT2D eigenvalue weighted by molar-refractivity contribution is 6.17. The van der Waals surface area contributed by atoms with Gasteiger partial charge in [-0.05, 0) is 18.5 Å². The van der Waals surface area contributed by atoms with E-state index in [4.69, 9.17) is 9.47 Å². The molecule has 2 nitrogen and oxygen atoms in total. The molecule has 0 saturated heterocycles. The first-order valence-electron chi connectivity index (χ1n) is 5.27. The van der Waals surface area contributed by atoms with Crippen molar-refractivity contribution >= 4 is 10.2 Å². The van der Waals surface area contributed by atoms with Crippen LogP contribution in [-0.4, -0.2) is 23.5 Å². The molecule has 0 saturated carbocycles. The SMILES string of the molecule is CCCCOC(=C[SiH3])OCCCC. The van der Waals surface area contributed by atoms with Gasteiger partial charge in [0.15, 0.2) is 0 Å². The molecule has 0 aliphatic heterocycles. The Morgan fingerprint density at radius 2 is 1.54 bits per heavy atom. The minimum Gasteiger partial charge on any atom is -0.466 e. The van der Waals surface area contributed by atoms with Crippen molar-refractivity contribution in [1.29, 1.82) is 0 Å². The molecule has 0 aliphatic carbocycles. The third-order valence-corrected chi connectivity index (χ3v) is 2.19. The molecule has 0 spiro atoms. The fraction of sp³-hybridized carbons (Fsp3) is 0.800. The molecular formula is C10H22O2Si. The summed E-state index contributed by atoms with van der Waals surface area (Å²) in [5.41, 5.74) is 2.02. The average molecular weight is 202 g/mol. The Balaban J connectivity index is 3.41. The summed E-state index contributed by atoms with van der Waals surface area (Å²) < 4.78 is 10.9. The number of hydrogen-bond donors (Lipinski definition) is 0. The van der Waals surface area contributed by atoms with E-state index in [1.807, 2.05) is 5.70 Å². The van der Waals surface area contributed by atoms with Gasteiger partial charge in [0.2, 0.25) is 0 Å². The minimum atomic E-state index is 0.744. The summed E-state index contributed by atoms with van der Waals surface area (Å²) in [6.45, 7) is 5.89. The third kappa shape index (κ3) is 7.90. The average Bonchev–Trinajstić information content (AvgIpc) is 2.16. The van der Waals surface area contributed by atoms with Crippen LogP contribution in [0.4, 0.5) is 0 Å². The third-order valence-electron chi connectivity index (χ3n) is 1.72. The summed E-state index contributed by atoms with van der Waals surface area (Å²) in [5, 5.41) is 0. The Hall–Kier alpha value is -0.443. The molecule has 0 heterocycles. The van der Waals surface area contributed by atoms with Crippen LogP contribution in [0.1, 0.15) is 39.5 Å². The topological polar surface area (TPSA) is 18.5 Å². The zero-order valence-corrected chi connectivity index (χ0v) is 11.1. The summed E-state index contributed by atoms with van der Waals surface area (Å²) in [4.78, 5) is 0. The molecule has 13 heavy (non-hydrogen) atoms. The Morgan fingerprint density at radius 3 is 1.85 bits per heavy atom. The van der Waals surface area contributed by atoms with Gasteiger partial charge < -0.3 is 9.47 Å². The number of unbranched alkanes of at least 4 members (excludes halogenated alkanes) is 2. The van der Waals surface area contributed by atoms with Crippen LogP contribution >= 0.6 is 0 Å². The predicted octanol–water partition coefficient (Wildman–Crippen LogP) is 1.78. The monoisotopic (exact) mass is 202 g/mol. The molecule has 0 aromatic carbocycles. The molecule has 0 amide bonds. The van der Waals surface area contributed by atoms with Crippen molar-refractivity contribution in [2.45, 2.75) is 39.5 Å². The van der Waals surface area contributed by atoms with Crippen molar-refractivity contribution in [2.75, 3.05) is 13.2 Å². The number of rotatable bonds is 8. The lowest BCUT2D eigenvalue weighted by Crippen LogP contribution is -2.01. The quantitative estimate of drug-likeness (QED) is 0.339. The molecule has 0 rings (SSSR count). The molecule has 0 aromatic heterocycles. The molecule has 0 unspecified atom stereocenters. The van der Waals surface area contributed by atoms with E-state index in [9.17, 15) is 0 Å². The Kier molecular flexibility index (Phi) is 9.31. The van der Waals surface area contributed by atoms with Gasteiger partial charge in [-0.3, -0.25) is 0 Å². The van der Waals surface area contributed by atoms with Crippen molar-refractivity contribution in [3.05, 3.63) is 11.6 Å². The molecule has 3 heteroatoms. The van der Waals surface area contributed by atoms with E-state index < -0.39 is 0 Å². The van der Waals surface area contributed by atoms with Gasteiger partial charge in [-0.1, -0.05) is 26.7 Å². The standard InChI is InChI=1S/C10H22O2Si/c1-3-5-7-11-10(9-13)12-8-6-4-2/h9H,3-8H2,1-2,13H3. The second-order valence-corrected chi connectivity index (χ2v) is 3.59. The Bertz CT molecular complexity index is 123. The number of ether oxygens (including phenoxy) is 2. The van der Waals surface area contributed by atoms with Gasteiger partial charge in [0, 0.05) is 10.2 Å². The van der Waals surface area contributed by atoms with Crippen molar-refractivity contribution < 1.29 is 9.47 Å². The summed E-state index contributed by atoms with van der Waals surface area (Å²) in [6.07, 6.45) is 4.55. The van der Waals surface area contributed by atoms with Gasteiger partial charge in [-0.15, -0.1) is 0 Å². The minimum absolute atomic E-state index is 0.744. The second kappa shape index (κ2) is 9.64. The molecule has 0 atom stereocenters. The highest BCUT2D eigenvalue weighted by Crippen LogP contribution is 2.02.